The SMILES string of the molecule is NC(=O)c1cccnc1OC1CC2(CC(NC(=O)[C@@H](N)Cc3ccccc3)C2)C1. The molecule has 2 amide bonds. The third kappa shape index (κ3) is 4.24. The minimum Gasteiger partial charge on any atom is -0.474 e. The summed E-state index contributed by atoms with van der Waals surface area (Å²) in [6, 6.07) is 12.7. The quantitative estimate of drug-likeness (QED) is 0.658. The van der Waals surface area contributed by atoms with Gasteiger partial charge >= 0.3 is 0 Å². The maximum Gasteiger partial charge on any atom is 0.254 e. The van der Waals surface area contributed by atoms with E-state index in [0.29, 0.717) is 17.9 Å². The van der Waals surface area contributed by atoms with Crippen molar-refractivity contribution in [1.82, 2.24) is 10.3 Å². The Morgan fingerprint density at radius 2 is 1.86 bits per heavy atom. The minimum absolute atomic E-state index is 0.0278. The average molecular weight is 394 g/mol. The Bertz CT molecular complexity index is 888. The minimum atomic E-state index is -0.541. The molecule has 5 N–H and O–H groups in total. The number of nitrogens with two attached hydrogens (primary N) is 2. The molecule has 1 aromatic carbocycles. The van der Waals surface area contributed by atoms with Crippen LogP contribution in [0.5, 0.6) is 5.88 Å². The van der Waals surface area contributed by atoms with Crippen molar-refractivity contribution in [2.75, 3.05) is 0 Å². The van der Waals surface area contributed by atoms with Gasteiger partial charge in [0.2, 0.25) is 11.8 Å². The smallest absolute Gasteiger partial charge is 0.254 e. The van der Waals surface area contributed by atoms with E-state index in [0.717, 1.165) is 31.2 Å². The molecule has 1 aromatic heterocycles. The van der Waals surface area contributed by atoms with Crippen LogP contribution in [0.3, 0.4) is 0 Å². The predicted octanol–water partition coefficient (Wildman–Crippen LogP) is 1.56. The van der Waals surface area contributed by atoms with Gasteiger partial charge in [-0.05, 0) is 55.2 Å². The van der Waals surface area contributed by atoms with E-state index in [2.05, 4.69) is 10.3 Å². The molecule has 2 aromatic rings. The second-order valence-electron chi connectivity index (χ2n) is 8.28. The lowest BCUT2D eigenvalue weighted by molar-refractivity contribution is -0.128. The van der Waals surface area contributed by atoms with E-state index in [1.807, 2.05) is 30.3 Å². The normalized spacial score (nSPS) is 26.1. The molecule has 1 atom stereocenters. The van der Waals surface area contributed by atoms with Gasteiger partial charge in [-0.2, -0.15) is 0 Å². The van der Waals surface area contributed by atoms with Crippen LogP contribution in [0.4, 0.5) is 0 Å². The first-order valence-electron chi connectivity index (χ1n) is 9.95. The molecule has 0 bridgehead atoms. The number of benzene rings is 1. The fourth-order valence-corrected chi connectivity index (χ4v) is 4.51. The summed E-state index contributed by atoms with van der Waals surface area (Å²) >= 11 is 0. The molecular weight excluding hydrogens is 368 g/mol. The molecule has 0 aliphatic heterocycles. The summed E-state index contributed by atoms with van der Waals surface area (Å²) < 4.78 is 5.88. The number of hydrogen-bond donors (Lipinski definition) is 3. The van der Waals surface area contributed by atoms with Gasteiger partial charge in [0.15, 0.2) is 0 Å². The van der Waals surface area contributed by atoms with Crippen LogP contribution in [-0.2, 0) is 11.2 Å². The van der Waals surface area contributed by atoms with Gasteiger partial charge in [-0.3, -0.25) is 9.59 Å². The lowest BCUT2D eigenvalue weighted by Crippen LogP contribution is -2.60. The highest BCUT2D eigenvalue weighted by Gasteiger charge is 2.54. The first-order chi connectivity index (χ1) is 13.9. The molecule has 2 aliphatic carbocycles. The Kier molecular flexibility index (Phi) is 5.24. The van der Waals surface area contributed by atoms with E-state index in [1.54, 1.807) is 18.3 Å². The van der Waals surface area contributed by atoms with E-state index in [1.165, 1.54) is 0 Å². The molecule has 4 rings (SSSR count). The molecule has 1 heterocycles. The van der Waals surface area contributed by atoms with E-state index < -0.39 is 11.9 Å². The third-order valence-electron chi connectivity index (χ3n) is 5.98. The number of nitrogens with one attached hydrogen (secondary N) is 1. The molecule has 7 nitrogen and oxygen atoms in total. The molecule has 29 heavy (non-hydrogen) atoms. The van der Waals surface area contributed by atoms with Crippen LogP contribution >= 0.6 is 0 Å². The van der Waals surface area contributed by atoms with Crippen molar-refractivity contribution in [3.05, 3.63) is 59.8 Å². The second kappa shape index (κ2) is 7.83. The van der Waals surface area contributed by atoms with Crippen molar-refractivity contribution in [3.8, 4) is 5.88 Å². The standard InChI is InChI=1S/C22H26N4O3/c23-18(9-14-5-2-1-3-6-14)20(28)26-15-10-22(11-15)12-16(13-22)29-21-17(19(24)27)7-4-8-25-21/h1-8,15-16,18H,9-13,23H2,(H2,24,27)(H,26,28)/t15?,16?,18-,22?/m0/s1. The highest BCUT2D eigenvalue weighted by atomic mass is 16.5. The predicted molar refractivity (Wildman–Crippen MR) is 108 cm³/mol. The summed E-state index contributed by atoms with van der Waals surface area (Å²) in [5.74, 6) is -0.336. The van der Waals surface area contributed by atoms with Crippen molar-refractivity contribution in [3.63, 3.8) is 0 Å². The molecule has 0 radical (unpaired) electrons. The molecule has 0 unspecified atom stereocenters. The highest BCUT2D eigenvalue weighted by Crippen LogP contribution is 2.56. The number of pyridine rings is 1. The van der Waals surface area contributed by atoms with E-state index in [-0.39, 0.29) is 23.5 Å². The Morgan fingerprint density at radius 1 is 1.14 bits per heavy atom. The summed E-state index contributed by atoms with van der Waals surface area (Å²) in [7, 11) is 0. The number of hydrogen-bond acceptors (Lipinski definition) is 5. The van der Waals surface area contributed by atoms with Crippen molar-refractivity contribution in [2.24, 2.45) is 16.9 Å². The number of nitrogens with zero attached hydrogens (tertiary/aromatic N) is 1. The zero-order chi connectivity index (χ0) is 20.4. The van der Waals surface area contributed by atoms with Crippen molar-refractivity contribution in [2.45, 2.75) is 50.3 Å². The van der Waals surface area contributed by atoms with Crippen LogP contribution in [0.25, 0.3) is 0 Å². The van der Waals surface area contributed by atoms with Gasteiger partial charge in [-0.1, -0.05) is 30.3 Å². The Hall–Kier alpha value is -2.93. The van der Waals surface area contributed by atoms with Crippen LogP contribution in [0.1, 0.15) is 41.6 Å². The van der Waals surface area contributed by atoms with E-state index >= 15 is 0 Å². The van der Waals surface area contributed by atoms with Crippen LogP contribution in [0.15, 0.2) is 48.7 Å². The van der Waals surface area contributed by atoms with Gasteiger partial charge in [0, 0.05) is 12.2 Å². The van der Waals surface area contributed by atoms with Crippen LogP contribution in [0, 0.1) is 5.41 Å². The lowest BCUT2D eigenvalue weighted by atomic mass is 9.53. The number of primary amides is 1. The second-order valence-corrected chi connectivity index (χ2v) is 8.28. The van der Waals surface area contributed by atoms with Crippen LogP contribution < -0.4 is 21.5 Å². The molecule has 0 saturated heterocycles. The zero-order valence-electron chi connectivity index (χ0n) is 16.2. The topological polar surface area (TPSA) is 120 Å². The summed E-state index contributed by atoms with van der Waals surface area (Å²) in [6.07, 6.45) is 5.80. The van der Waals surface area contributed by atoms with Gasteiger partial charge in [-0.25, -0.2) is 4.98 Å². The van der Waals surface area contributed by atoms with Gasteiger partial charge in [0.25, 0.3) is 5.91 Å². The third-order valence-corrected chi connectivity index (χ3v) is 5.98. The Labute approximate surface area is 169 Å². The number of carbonyl (C=O) groups excluding carboxylic acids is 2. The van der Waals surface area contributed by atoms with E-state index in [4.69, 9.17) is 16.2 Å². The maximum absolute atomic E-state index is 12.4. The highest BCUT2D eigenvalue weighted by molar-refractivity contribution is 5.94. The molecule has 2 fully saturated rings. The van der Waals surface area contributed by atoms with Crippen LogP contribution in [0.2, 0.25) is 0 Å². The van der Waals surface area contributed by atoms with Gasteiger partial charge in [-0.15, -0.1) is 0 Å². The monoisotopic (exact) mass is 394 g/mol. The van der Waals surface area contributed by atoms with Crippen molar-refractivity contribution in [1.29, 1.82) is 0 Å². The van der Waals surface area contributed by atoms with Gasteiger partial charge in [0.1, 0.15) is 11.7 Å². The molecule has 2 aliphatic rings. The Morgan fingerprint density at radius 3 is 2.55 bits per heavy atom. The summed E-state index contributed by atoms with van der Waals surface area (Å²) in [5, 5.41) is 3.07. The molecule has 2 saturated carbocycles. The number of rotatable bonds is 7. The molecule has 1 spiro atoms. The molecule has 7 heteroatoms. The number of ether oxygens (including phenoxy) is 1. The van der Waals surface area contributed by atoms with E-state index in [9.17, 15) is 9.59 Å². The van der Waals surface area contributed by atoms with Gasteiger partial charge < -0.3 is 21.5 Å². The molecule has 152 valence electrons. The summed E-state index contributed by atoms with van der Waals surface area (Å²) in [4.78, 5) is 28.0. The Balaban J connectivity index is 1.21. The van der Waals surface area contributed by atoms with Crippen LogP contribution in [-0.4, -0.2) is 35.0 Å². The number of aromatic nitrogens is 1. The lowest BCUT2D eigenvalue weighted by Gasteiger charge is -2.57. The van der Waals surface area contributed by atoms with Crippen molar-refractivity contribution >= 4 is 11.8 Å². The first-order valence-corrected chi connectivity index (χ1v) is 9.95. The first kappa shape index (κ1) is 19.4. The summed E-state index contributed by atoms with van der Waals surface area (Å²) in [5.41, 5.74) is 13.0. The summed E-state index contributed by atoms with van der Waals surface area (Å²) in [6.45, 7) is 0. The fourth-order valence-electron chi connectivity index (χ4n) is 4.51. The maximum atomic E-state index is 12.4. The largest absolute Gasteiger partial charge is 0.474 e. The zero-order valence-corrected chi connectivity index (χ0v) is 16.2. The van der Waals surface area contributed by atoms with Crippen molar-refractivity contribution < 1.29 is 14.3 Å². The number of carbonyl (C=O) groups is 2. The fraction of sp³-hybridized carbons (Fsp3) is 0.409. The number of amides is 2. The molecular formula is C22H26N4O3. The average Bonchev–Trinajstić information content (AvgIpc) is 2.65. The van der Waals surface area contributed by atoms with Gasteiger partial charge in [0.05, 0.1) is 6.04 Å².